The monoisotopic (exact) mass is 385 g/mol. The first-order valence-corrected chi connectivity index (χ1v) is 7.64. The molecule has 2 aromatic carbocycles. The van der Waals surface area contributed by atoms with Crippen molar-refractivity contribution in [2.75, 3.05) is 13.7 Å². The van der Waals surface area contributed by atoms with Crippen LogP contribution < -0.4 is 14.2 Å². The van der Waals surface area contributed by atoms with Crippen LogP contribution in [0.25, 0.3) is 0 Å². The lowest BCUT2D eigenvalue weighted by Gasteiger charge is -2.12. The Bertz CT molecular complexity index is 818. The molecule has 24 heavy (non-hydrogen) atoms. The number of halogens is 3. The molecule has 0 aliphatic rings. The molecule has 2 aromatic rings. The summed E-state index contributed by atoms with van der Waals surface area (Å²) in [5.74, 6) is -0.257. The van der Waals surface area contributed by atoms with E-state index in [2.05, 4.69) is 0 Å². The molecule has 0 N–H and O–H groups in total. The SMILES string of the molecule is COc1cc(C#N)cc(Cl)c1OC(=O)COc1ccc(Cl)cc1Cl. The molecule has 0 radical (unpaired) electrons. The lowest BCUT2D eigenvalue weighted by Crippen LogP contribution is -2.18. The van der Waals surface area contributed by atoms with Gasteiger partial charge in [-0.1, -0.05) is 34.8 Å². The predicted octanol–water partition coefficient (Wildman–Crippen LogP) is 4.51. The summed E-state index contributed by atoms with van der Waals surface area (Å²) in [4.78, 5) is 11.9. The lowest BCUT2D eigenvalue weighted by molar-refractivity contribution is -0.136. The van der Waals surface area contributed by atoms with E-state index in [0.29, 0.717) is 5.02 Å². The Labute approximate surface area is 153 Å². The fourth-order valence-corrected chi connectivity index (χ4v) is 2.47. The maximum atomic E-state index is 11.9. The first-order valence-electron chi connectivity index (χ1n) is 6.50. The second kappa shape index (κ2) is 8.11. The van der Waals surface area contributed by atoms with Gasteiger partial charge in [0.05, 0.1) is 28.8 Å². The largest absolute Gasteiger partial charge is 0.493 e. The highest BCUT2D eigenvalue weighted by Gasteiger charge is 2.17. The van der Waals surface area contributed by atoms with Crippen molar-refractivity contribution in [1.29, 1.82) is 5.26 Å². The number of carbonyl (C=O) groups excluding carboxylic acids is 1. The van der Waals surface area contributed by atoms with Gasteiger partial charge < -0.3 is 14.2 Å². The molecule has 5 nitrogen and oxygen atoms in total. The van der Waals surface area contributed by atoms with Crippen molar-refractivity contribution < 1.29 is 19.0 Å². The van der Waals surface area contributed by atoms with Gasteiger partial charge in [0, 0.05) is 11.1 Å². The van der Waals surface area contributed by atoms with Crippen LogP contribution >= 0.6 is 34.8 Å². The fraction of sp³-hybridized carbons (Fsp3) is 0.125. The fourth-order valence-electron chi connectivity index (χ4n) is 1.76. The second-order valence-corrected chi connectivity index (χ2v) is 5.69. The van der Waals surface area contributed by atoms with E-state index < -0.39 is 12.6 Å². The van der Waals surface area contributed by atoms with Crippen LogP contribution in [0.3, 0.4) is 0 Å². The molecular formula is C16H10Cl3NO4. The van der Waals surface area contributed by atoms with E-state index in [1.165, 1.54) is 31.4 Å². The van der Waals surface area contributed by atoms with Gasteiger partial charge in [-0.05, 0) is 24.3 Å². The number of nitriles is 1. The Morgan fingerprint density at radius 2 is 1.88 bits per heavy atom. The van der Waals surface area contributed by atoms with Gasteiger partial charge in [-0.25, -0.2) is 4.79 Å². The van der Waals surface area contributed by atoms with Crippen LogP contribution in [0.15, 0.2) is 30.3 Å². The van der Waals surface area contributed by atoms with Gasteiger partial charge in [-0.15, -0.1) is 0 Å². The zero-order chi connectivity index (χ0) is 17.7. The van der Waals surface area contributed by atoms with Crippen LogP contribution in [0.1, 0.15) is 5.56 Å². The number of hydrogen-bond acceptors (Lipinski definition) is 5. The van der Waals surface area contributed by atoms with Crippen LogP contribution in [0.4, 0.5) is 0 Å². The standard InChI is InChI=1S/C16H10Cl3NO4/c1-22-14-5-9(7-20)4-12(19)16(14)24-15(21)8-23-13-3-2-10(17)6-11(13)18/h2-6H,8H2,1H3. The summed E-state index contributed by atoms with van der Waals surface area (Å²) in [6.45, 7) is -0.402. The molecular weight excluding hydrogens is 377 g/mol. The van der Waals surface area contributed by atoms with Crippen molar-refractivity contribution in [2.45, 2.75) is 0 Å². The minimum Gasteiger partial charge on any atom is -0.493 e. The van der Waals surface area contributed by atoms with Gasteiger partial charge in [-0.3, -0.25) is 0 Å². The second-order valence-electron chi connectivity index (χ2n) is 4.44. The highest BCUT2D eigenvalue weighted by atomic mass is 35.5. The molecule has 0 aliphatic heterocycles. The molecule has 8 heteroatoms. The van der Waals surface area contributed by atoms with Crippen LogP contribution in [0.2, 0.25) is 15.1 Å². The molecule has 0 saturated heterocycles. The number of esters is 1. The van der Waals surface area contributed by atoms with Gasteiger partial charge >= 0.3 is 5.97 Å². The topological polar surface area (TPSA) is 68.5 Å². The highest BCUT2D eigenvalue weighted by Crippen LogP contribution is 2.36. The molecule has 0 heterocycles. The van der Waals surface area contributed by atoms with Crippen LogP contribution in [0, 0.1) is 11.3 Å². The third-order valence-electron chi connectivity index (χ3n) is 2.81. The Kier molecular flexibility index (Phi) is 6.16. The van der Waals surface area contributed by atoms with Crippen molar-refractivity contribution in [1.82, 2.24) is 0 Å². The molecule has 0 saturated carbocycles. The summed E-state index contributed by atoms with van der Waals surface area (Å²) in [7, 11) is 1.37. The molecule has 2 rings (SSSR count). The normalized spacial score (nSPS) is 9.96. The van der Waals surface area contributed by atoms with Gasteiger partial charge in [0.1, 0.15) is 5.75 Å². The van der Waals surface area contributed by atoms with Crippen molar-refractivity contribution in [2.24, 2.45) is 0 Å². The zero-order valence-electron chi connectivity index (χ0n) is 12.3. The number of carbonyl (C=O) groups is 1. The van der Waals surface area contributed by atoms with E-state index in [4.69, 9.17) is 54.3 Å². The van der Waals surface area contributed by atoms with E-state index in [1.807, 2.05) is 6.07 Å². The van der Waals surface area contributed by atoms with Gasteiger partial charge in [0.2, 0.25) is 0 Å². The molecule has 0 unspecified atom stereocenters. The number of nitrogens with zero attached hydrogens (tertiary/aromatic N) is 1. The van der Waals surface area contributed by atoms with Crippen LogP contribution in [0.5, 0.6) is 17.2 Å². The van der Waals surface area contributed by atoms with Crippen molar-refractivity contribution >= 4 is 40.8 Å². The molecule has 0 spiro atoms. The molecule has 0 aliphatic carbocycles. The summed E-state index contributed by atoms with van der Waals surface area (Å²) in [6.07, 6.45) is 0. The molecule has 0 aromatic heterocycles. The molecule has 0 bridgehead atoms. The van der Waals surface area contributed by atoms with E-state index in [-0.39, 0.29) is 32.9 Å². The number of rotatable bonds is 5. The number of hydrogen-bond donors (Lipinski definition) is 0. The molecule has 0 fully saturated rings. The van der Waals surface area contributed by atoms with Crippen molar-refractivity contribution in [3.05, 3.63) is 51.0 Å². The number of methoxy groups -OCH3 is 1. The summed E-state index contributed by atoms with van der Waals surface area (Å²) in [6, 6.07) is 9.30. The van der Waals surface area contributed by atoms with E-state index in [1.54, 1.807) is 6.07 Å². The molecule has 0 atom stereocenters. The number of ether oxygens (including phenoxy) is 3. The molecule has 124 valence electrons. The quantitative estimate of drug-likeness (QED) is 0.558. The zero-order valence-corrected chi connectivity index (χ0v) is 14.6. The predicted molar refractivity (Wildman–Crippen MR) is 90.3 cm³/mol. The smallest absolute Gasteiger partial charge is 0.349 e. The highest BCUT2D eigenvalue weighted by molar-refractivity contribution is 6.35. The van der Waals surface area contributed by atoms with Crippen molar-refractivity contribution in [3.63, 3.8) is 0 Å². The lowest BCUT2D eigenvalue weighted by atomic mass is 10.2. The van der Waals surface area contributed by atoms with Crippen molar-refractivity contribution in [3.8, 4) is 23.3 Å². The summed E-state index contributed by atoms with van der Waals surface area (Å²) < 4.78 is 15.5. The summed E-state index contributed by atoms with van der Waals surface area (Å²) in [5.41, 5.74) is 0.279. The third-order valence-corrected chi connectivity index (χ3v) is 3.63. The van der Waals surface area contributed by atoms with E-state index in [9.17, 15) is 4.79 Å². The van der Waals surface area contributed by atoms with Gasteiger partial charge in [0.15, 0.2) is 18.1 Å². The first kappa shape index (κ1) is 18.2. The average molecular weight is 387 g/mol. The third kappa shape index (κ3) is 4.45. The summed E-state index contributed by atoms with van der Waals surface area (Å²) in [5, 5.41) is 9.69. The molecule has 0 amide bonds. The van der Waals surface area contributed by atoms with E-state index in [0.717, 1.165) is 0 Å². The van der Waals surface area contributed by atoms with Crippen LogP contribution in [-0.4, -0.2) is 19.7 Å². The maximum absolute atomic E-state index is 11.9. The minimum absolute atomic E-state index is 0.00831. The Balaban J connectivity index is 2.09. The Morgan fingerprint density at radius 3 is 2.50 bits per heavy atom. The van der Waals surface area contributed by atoms with Crippen LogP contribution in [-0.2, 0) is 4.79 Å². The Hall–Kier alpha value is -2.13. The van der Waals surface area contributed by atoms with E-state index >= 15 is 0 Å². The first-order chi connectivity index (χ1) is 11.4. The maximum Gasteiger partial charge on any atom is 0.349 e. The minimum atomic E-state index is -0.717. The Morgan fingerprint density at radius 1 is 1.12 bits per heavy atom. The number of benzene rings is 2. The summed E-state index contributed by atoms with van der Waals surface area (Å²) >= 11 is 17.7. The van der Waals surface area contributed by atoms with Gasteiger partial charge in [-0.2, -0.15) is 5.26 Å². The van der Waals surface area contributed by atoms with Gasteiger partial charge in [0.25, 0.3) is 0 Å². The average Bonchev–Trinajstić information content (AvgIpc) is 2.55.